The highest BCUT2D eigenvalue weighted by Gasteiger charge is 2.13. The van der Waals surface area contributed by atoms with Gasteiger partial charge in [0.15, 0.2) is 5.58 Å². The Morgan fingerprint density at radius 1 is 1.14 bits per heavy atom. The highest BCUT2D eigenvalue weighted by molar-refractivity contribution is 7.17. The van der Waals surface area contributed by atoms with Crippen molar-refractivity contribution in [2.75, 3.05) is 13.2 Å². The molecule has 2 aromatic carbocycles. The molecule has 0 saturated heterocycles. The number of rotatable bonds is 8. The molecule has 0 bridgehead atoms. The number of aromatic nitrogens is 1. The molecule has 0 amide bonds. The minimum absolute atomic E-state index is 0.166. The molecule has 0 aliphatic rings. The zero-order chi connectivity index (χ0) is 19.3. The summed E-state index contributed by atoms with van der Waals surface area (Å²) < 4.78 is 12.2. The number of aliphatic hydroxyl groups excluding tert-OH is 1. The summed E-state index contributed by atoms with van der Waals surface area (Å²) >= 11 is 1.60. The Bertz CT molecular complexity index is 1030. The van der Waals surface area contributed by atoms with Crippen LogP contribution < -0.4 is 10.1 Å². The summed E-state index contributed by atoms with van der Waals surface area (Å²) in [6.07, 6.45) is -0.606. The van der Waals surface area contributed by atoms with Crippen LogP contribution in [-0.2, 0) is 0 Å². The second-order valence-electron chi connectivity index (χ2n) is 6.68. The van der Waals surface area contributed by atoms with Gasteiger partial charge in [0.1, 0.15) is 28.9 Å². The Labute approximate surface area is 167 Å². The molecule has 0 spiro atoms. The van der Waals surface area contributed by atoms with Crippen LogP contribution in [0.4, 0.5) is 0 Å². The van der Waals surface area contributed by atoms with E-state index >= 15 is 0 Å². The largest absolute Gasteiger partial charge is 0.491 e. The molecule has 28 heavy (non-hydrogen) atoms. The zero-order valence-electron chi connectivity index (χ0n) is 15.5. The van der Waals surface area contributed by atoms with Gasteiger partial charge in [-0.25, -0.2) is 0 Å². The van der Waals surface area contributed by atoms with E-state index in [-0.39, 0.29) is 12.6 Å². The monoisotopic (exact) mass is 394 g/mol. The molecule has 5 nitrogen and oxygen atoms in total. The van der Waals surface area contributed by atoms with Crippen LogP contribution in [0.1, 0.15) is 18.5 Å². The number of nitrogens with zero attached hydrogens (tertiary/aromatic N) is 1. The van der Waals surface area contributed by atoms with Crippen molar-refractivity contribution in [1.82, 2.24) is 10.5 Å². The first-order valence-corrected chi connectivity index (χ1v) is 10.1. The van der Waals surface area contributed by atoms with E-state index in [4.69, 9.17) is 9.26 Å². The topological polar surface area (TPSA) is 67.5 Å². The molecular formula is C22H22N2O3S. The van der Waals surface area contributed by atoms with Crippen LogP contribution in [0.3, 0.4) is 0 Å². The molecular weight excluding hydrogens is 372 g/mol. The minimum Gasteiger partial charge on any atom is -0.491 e. The van der Waals surface area contributed by atoms with Crippen LogP contribution in [0.2, 0.25) is 0 Å². The van der Waals surface area contributed by atoms with E-state index in [0.717, 1.165) is 21.5 Å². The Kier molecular flexibility index (Phi) is 5.71. The first-order valence-electron chi connectivity index (χ1n) is 9.23. The minimum atomic E-state index is -0.606. The Morgan fingerprint density at radius 2 is 2.00 bits per heavy atom. The van der Waals surface area contributed by atoms with Crippen LogP contribution in [0.15, 0.2) is 70.6 Å². The molecule has 4 rings (SSSR count). The molecule has 2 N–H and O–H groups in total. The van der Waals surface area contributed by atoms with Gasteiger partial charge in [0.2, 0.25) is 0 Å². The zero-order valence-corrected chi connectivity index (χ0v) is 16.4. The first-order chi connectivity index (χ1) is 13.7. The van der Waals surface area contributed by atoms with Gasteiger partial charge >= 0.3 is 0 Å². The quantitative estimate of drug-likeness (QED) is 0.455. The highest BCUT2D eigenvalue weighted by atomic mass is 32.1. The molecule has 0 aliphatic heterocycles. The molecule has 144 valence electrons. The Morgan fingerprint density at radius 3 is 2.86 bits per heavy atom. The van der Waals surface area contributed by atoms with Crippen molar-refractivity contribution in [2.45, 2.75) is 19.1 Å². The fraction of sp³-hybridized carbons (Fsp3) is 0.227. The summed E-state index contributed by atoms with van der Waals surface area (Å²) in [5.41, 5.74) is 3.73. The van der Waals surface area contributed by atoms with Crippen molar-refractivity contribution < 1.29 is 14.4 Å². The number of benzene rings is 2. The molecule has 2 heterocycles. The summed E-state index contributed by atoms with van der Waals surface area (Å²) in [6.45, 7) is 2.75. The third-order valence-electron chi connectivity index (χ3n) is 4.59. The Balaban J connectivity index is 1.33. The molecule has 4 aromatic rings. The summed E-state index contributed by atoms with van der Waals surface area (Å²) in [6, 6.07) is 19.9. The summed E-state index contributed by atoms with van der Waals surface area (Å²) in [7, 11) is 0. The van der Waals surface area contributed by atoms with Gasteiger partial charge in [0.05, 0.1) is 0 Å². The number of ether oxygens (including phenoxy) is 1. The van der Waals surface area contributed by atoms with Gasteiger partial charge in [-0.2, -0.15) is 0 Å². The third kappa shape index (κ3) is 4.25. The van der Waals surface area contributed by atoms with Crippen molar-refractivity contribution in [3.63, 3.8) is 0 Å². The number of hydrogen-bond donors (Lipinski definition) is 2. The van der Waals surface area contributed by atoms with Gasteiger partial charge in [0.25, 0.3) is 0 Å². The first kappa shape index (κ1) is 18.7. The van der Waals surface area contributed by atoms with E-state index < -0.39 is 6.10 Å². The standard InChI is InChI=1S/C22H22N2O3S/c1-15(16-6-3-2-4-7-16)23-13-18(25)14-26-19-9-5-8-17(12-19)21-22-20(27-24-21)10-11-28-22/h2-12,15,18,23,25H,13-14H2,1H3. The van der Waals surface area contributed by atoms with E-state index in [1.165, 1.54) is 5.56 Å². The predicted octanol–water partition coefficient (Wildman–Crippen LogP) is 4.65. The van der Waals surface area contributed by atoms with Crippen molar-refractivity contribution in [3.8, 4) is 17.0 Å². The Hall–Kier alpha value is -2.67. The molecule has 0 aliphatic carbocycles. The predicted molar refractivity (Wildman–Crippen MR) is 112 cm³/mol. The highest BCUT2D eigenvalue weighted by Crippen LogP contribution is 2.33. The molecule has 0 radical (unpaired) electrons. The molecule has 2 aromatic heterocycles. The summed E-state index contributed by atoms with van der Waals surface area (Å²) in [4.78, 5) is 0. The second kappa shape index (κ2) is 8.56. The fourth-order valence-electron chi connectivity index (χ4n) is 3.02. The lowest BCUT2D eigenvalue weighted by Gasteiger charge is -2.18. The van der Waals surface area contributed by atoms with Crippen LogP contribution in [-0.4, -0.2) is 29.5 Å². The van der Waals surface area contributed by atoms with Crippen molar-refractivity contribution in [3.05, 3.63) is 71.6 Å². The number of thiophene rings is 1. The average Bonchev–Trinajstić information content (AvgIpc) is 3.35. The van der Waals surface area contributed by atoms with Gasteiger partial charge in [-0.05, 0) is 36.1 Å². The third-order valence-corrected chi connectivity index (χ3v) is 5.49. The maximum atomic E-state index is 10.3. The van der Waals surface area contributed by atoms with E-state index in [2.05, 4.69) is 29.5 Å². The fourth-order valence-corrected chi connectivity index (χ4v) is 3.83. The SMILES string of the molecule is CC(NCC(O)COc1cccc(-c2noc3ccsc23)c1)c1ccccc1. The van der Waals surface area contributed by atoms with Gasteiger partial charge in [-0.1, -0.05) is 47.6 Å². The molecule has 6 heteroatoms. The molecule has 2 unspecified atom stereocenters. The number of aliphatic hydroxyl groups is 1. The lowest BCUT2D eigenvalue weighted by atomic mass is 10.1. The summed E-state index contributed by atoms with van der Waals surface area (Å²) in [5, 5.41) is 19.7. The van der Waals surface area contributed by atoms with Crippen molar-refractivity contribution in [1.29, 1.82) is 0 Å². The number of nitrogens with one attached hydrogen (secondary N) is 1. The van der Waals surface area contributed by atoms with Crippen LogP contribution in [0.5, 0.6) is 5.75 Å². The van der Waals surface area contributed by atoms with Gasteiger partial charge < -0.3 is 19.7 Å². The van der Waals surface area contributed by atoms with Crippen molar-refractivity contribution in [2.24, 2.45) is 0 Å². The van der Waals surface area contributed by atoms with E-state index in [0.29, 0.717) is 12.3 Å². The van der Waals surface area contributed by atoms with E-state index in [1.807, 2.05) is 53.9 Å². The van der Waals surface area contributed by atoms with Crippen LogP contribution >= 0.6 is 11.3 Å². The smallest absolute Gasteiger partial charge is 0.178 e. The second-order valence-corrected chi connectivity index (χ2v) is 7.59. The maximum absolute atomic E-state index is 10.3. The van der Waals surface area contributed by atoms with Crippen LogP contribution in [0.25, 0.3) is 21.5 Å². The van der Waals surface area contributed by atoms with E-state index in [9.17, 15) is 5.11 Å². The summed E-state index contributed by atoms with van der Waals surface area (Å²) in [5.74, 6) is 0.695. The average molecular weight is 394 g/mol. The van der Waals surface area contributed by atoms with E-state index in [1.54, 1.807) is 11.3 Å². The number of hydrogen-bond acceptors (Lipinski definition) is 6. The van der Waals surface area contributed by atoms with Gasteiger partial charge in [0, 0.05) is 18.2 Å². The van der Waals surface area contributed by atoms with Crippen molar-refractivity contribution >= 4 is 21.6 Å². The normalized spacial score (nSPS) is 13.5. The maximum Gasteiger partial charge on any atom is 0.178 e. The lowest BCUT2D eigenvalue weighted by Crippen LogP contribution is -2.33. The van der Waals surface area contributed by atoms with Gasteiger partial charge in [-0.15, -0.1) is 11.3 Å². The van der Waals surface area contributed by atoms with Gasteiger partial charge in [-0.3, -0.25) is 0 Å². The number of fused-ring (bicyclic) bond motifs is 1. The molecule has 0 saturated carbocycles. The molecule has 0 fully saturated rings. The molecule has 2 atom stereocenters. The lowest BCUT2D eigenvalue weighted by molar-refractivity contribution is 0.104. The van der Waals surface area contributed by atoms with Crippen LogP contribution in [0, 0.1) is 0 Å².